The molecular formula is C13H14ClN3. The molecule has 4 heteroatoms. The summed E-state index contributed by atoms with van der Waals surface area (Å²) in [6.45, 7) is 3.81. The lowest BCUT2D eigenvalue weighted by atomic mass is 10.1. The maximum absolute atomic E-state index is 5.86. The lowest BCUT2D eigenvalue weighted by molar-refractivity contribution is 0.735. The van der Waals surface area contributed by atoms with Crippen molar-refractivity contribution in [3.8, 4) is 11.3 Å². The first-order chi connectivity index (χ1) is 8.06. The van der Waals surface area contributed by atoms with Crippen LogP contribution in [0.2, 0.25) is 5.02 Å². The molecule has 0 radical (unpaired) electrons. The Kier molecular flexibility index (Phi) is 3.41. The molecular weight excluding hydrogens is 234 g/mol. The lowest BCUT2D eigenvalue weighted by Crippen LogP contribution is -2.11. The van der Waals surface area contributed by atoms with Crippen molar-refractivity contribution >= 4 is 11.6 Å². The molecule has 1 aromatic carbocycles. The summed E-state index contributed by atoms with van der Waals surface area (Å²) in [4.78, 5) is 8.77. The van der Waals surface area contributed by atoms with Crippen LogP contribution in [0.25, 0.3) is 11.3 Å². The first-order valence-corrected chi connectivity index (χ1v) is 5.81. The van der Waals surface area contributed by atoms with Crippen LogP contribution in [-0.4, -0.2) is 9.97 Å². The molecule has 17 heavy (non-hydrogen) atoms. The van der Waals surface area contributed by atoms with E-state index >= 15 is 0 Å². The van der Waals surface area contributed by atoms with Crippen LogP contribution in [0.5, 0.6) is 0 Å². The number of hydrogen-bond donors (Lipinski definition) is 1. The van der Waals surface area contributed by atoms with Crippen LogP contribution in [0.4, 0.5) is 0 Å². The molecule has 1 atom stereocenters. The quantitative estimate of drug-likeness (QED) is 0.887. The van der Waals surface area contributed by atoms with Gasteiger partial charge in [0.15, 0.2) is 0 Å². The smallest absolute Gasteiger partial charge is 0.145 e. The van der Waals surface area contributed by atoms with Gasteiger partial charge in [0.2, 0.25) is 0 Å². The van der Waals surface area contributed by atoms with E-state index in [0.29, 0.717) is 10.8 Å². The highest BCUT2D eigenvalue weighted by Gasteiger charge is 2.07. The summed E-state index contributed by atoms with van der Waals surface area (Å²) in [5.74, 6) is 0.662. The predicted molar refractivity (Wildman–Crippen MR) is 69.8 cm³/mol. The highest BCUT2D eigenvalue weighted by molar-refractivity contribution is 6.30. The van der Waals surface area contributed by atoms with E-state index in [4.69, 9.17) is 17.3 Å². The van der Waals surface area contributed by atoms with E-state index in [1.54, 1.807) is 0 Å². The van der Waals surface area contributed by atoms with Gasteiger partial charge in [0, 0.05) is 16.3 Å². The number of halogens is 1. The Morgan fingerprint density at radius 1 is 1.18 bits per heavy atom. The summed E-state index contributed by atoms with van der Waals surface area (Å²) in [7, 11) is 0. The number of rotatable bonds is 2. The molecule has 2 N–H and O–H groups in total. The second kappa shape index (κ2) is 4.82. The number of nitrogens with zero attached hydrogens (tertiary/aromatic N) is 2. The molecule has 0 saturated heterocycles. The zero-order chi connectivity index (χ0) is 12.4. The zero-order valence-corrected chi connectivity index (χ0v) is 10.6. The minimum atomic E-state index is -0.166. The van der Waals surface area contributed by atoms with E-state index in [2.05, 4.69) is 9.97 Å². The van der Waals surface area contributed by atoms with Crippen molar-refractivity contribution in [3.63, 3.8) is 0 Å². The van der Waals surface area contributed by atoms with E-state index in [-0.39, 0.29) is 6.04 Å². The van der Waals surface area contributed by atoms with E-state index in [0.717, 1.165) is 17.0 Å². The first-order valence-electron chi connectivity index (χ1n) is 5.43. The highest BCUT2D eigenvalue weighted by Crippen LogP contribution is 2.21. The molecule has 1 aromatic heterocycles. The molecule has 2 aromatic rings. The monoisotopic (exact) mass is 247 g/mol. The predicted octanol–water partition coefficient (Wildman–Crippen LogP) is 3.13. The van der Waals surface area contributed by atoms with Gasteiger partial charge in [0.25, 0.3) is 0 Å². The summed E-state index contributed by atoms with van der Waals surface area (Å²) < 4.78 is 0. The number of aryl methyl sites for hydroxylation is 1. The molecule has 0 spiro atoms. The van der Waals surface area contributed by atoms with Crippen molar-refractivity contribution in [1.29, 1.82) is 0 Å². The van der Waals surface area contributed by atoms with E-state index < -0.39 is 0 Å². The number of nitrogens with two attached hydrogens (primary N) is 1. The Balaban J connectivity index is 2.48. The number of hydrogen-bond acceptors (Lipinski definition) is 3. The minimum absolute atomic E-state index is 0.166. The largest absolute Gasteiger partial charge is 0.322 e. The van der Waals surface area contributed by atoms with Gasteiger partial charge in [0.1, 0.15) is 5.82 Å². The SMILES string of the molecule is Cc1cc(-c2ccc(Cl)cc2)nc(C(C)N)n1. The maximum Gasteiger partial charge on any atom is 0.145 e. The van der Waals surface area contributed by atoms with E-state index in [9.17, 15) is 0 Å². The van der Waals surface area contributed by atoms with Crippen LogP contribution in [0.3, 0.4) is 0 Å². The second-order valence-electron chi connectivity index (χ2n) is 4.05. The van der Waals surface area contributed by atoms with Gasteiger partial charge in [-0.25, -0.2) is 9.97 Å². The molecule has 0 fully saturated rings. The van der Waals surface area contributed by atoms with Gasteiger partial charge < -0.3 is 5.73 Å². The minimum Gasteiger partial charge on any atom is -0.322 e. The maximum atomic E-state index is 5.86. The molecule has 1 heterocycles. The average molecular weight is 248 g/mol. The van der Waals surface area contributed by atoms with Gasteiger partial charge >= 0.3 is 0 Å². The normalized spacial score (nSPS) is 12.5. The third-order valence-electron chi connectivity index (χ3n) is 2.42. The Labute approximate surface area is 106 Å². The standard InChI is InChI=1S/C13H14ClN3/c1-8-7-12(17-13(16-8)9(2)15)10-3-5-11(14)6-4-10/h3-7,9H,15H2,1-2H3. The third-order valence-corrected chi connectivity index (χ3v) is 2.67. The van der Waals surface area contributed by atoms with Crippen LogP contribution in [-0.2, 0) is 0 Å². The zero-order valence-electron chi connectivity index (χ0n) is 9.81. The van der Waals surface area contributed by atoms with Crippen LogP contribution in [0, 0.1) is 6.92 Å². The van der Waals surface area contributed by atoms with Gasteiger partial charge in [0.05, 0.1) is 11.7 Å². The molecule has 88 valence electrons. The van der Waals surface area contributed by atoms with Crippen molar-refractivity contribution < 1.29 is 0 Å². The fourth-order valence-corrected chi connectivity index (χ4v) is 1.69. The summed E-state index contributed by atoms with van der Waals surface area (Å²) in [5, 5.41) is 0.715. The topological polar surface area (TPSA) is 51.8 Å². The lowest BCUT2D eigenvalue weighted by Gasteiger charge is -2.08. The van der Waals surface area contributed by atoms with Crippen molar-refractivity contribution in [3.05, 3.63) is 46.9 Å². The third kappa shape index (κ3) is 2.81. The summed E-state index contributed by atoms with van der Waals surface area (Å²) >= 11 is 5.86. The summed E-state index contributed by atoms with van der Waals surface area (Å²) in [6, 6.07) is 9.35. The van der Waals surface area contributed by atoms with Gasteiger partial charge in [-0.15, -0.1) is 0 Å². The molecule has 2 rings (SSSR count). The van der Waals surface area contributed by atoms with E-state index in [1.807, 2.05) is 44.2 Å². The summed E-state index contributed by atoms with van der Waals surface area (Å²) in [6.07, 6.45) is 0. The van der Waals surface area contributed by atoms with Crippen LogP contribution < -0.4 is 5.73 Å². The van der Waals surface area contributed by atoms with Crippen LogP contribution in [0.1, 0.15) is 24.5 Å². The molecule has 0 aliphatic heterocycles. The van der Waals surface area contributed by atoms with Crippen molar-refractivity contribution in [1.82, 2.24) is 9.97 Å². The van der Waals surface area contributed by atoms with Gasteiger partial charge in [-0.3, -0.25) is 0 Å². The summed E-state index contributed by atoms with van der Waals surface area (Å²) in [5.41, 5.74) is 8.61. The van der Waals surface area contributed by atoms with E-state index in [1.165, 1.54) is 0 Å². The van der Waals surface area contributed by atoms with Gasteiger partial charge in [-0.1, -0.05) is 23.7 Å². The molecule has 0 saturated carbocycles. The van der Waals surface area contributed by atoms with Crippen LogP contribution in [0.15, 0.2) is 30.3 Å². The molecule has 0 aliphatic rings. The van der Waals surface area contributed by atoms with Crippen molar-refractivity contribution in [2.75, 3.05) is 0 Å². The Morgan fingerprint density at radius 3 is 2.41 bits per heavy atom. The van der Waals surface area contributed by atoms with Crippen molar-refractivity contribution in [2.45, 2.75) is 19.9 Å². The molecule has 1 unspecified atom stereocenters. The fraction of sp³-hybridized carbons (Fsp3) is 0.231. The van der Waals surface area contributed by atoms with Gasteiger partial charge in [-0.05, 0) is 32.0 Å². The average Bonchev–Trinajstić information content (AvgIpc) is 2.29. The fourth-order valence-electron chi connectivity index (χ4n) is 1.56. The van der Waals surface area contributed by atoms with Crippen molar-refractivity contribution in [2.24, 2.45) is 5.73 Å². The Morgan fingerprint density at radius 2 is 1.82 bits per heavy atom. The Hall–Kier alpha value is -1.45. The number of aromatic nitrogens is 2. The van der Waals surface area contributed by atoms with Gasteiger partial charge in [-0.2, -0.15) is 0 Å². The molecule has 3 nitrogen and oxygen atoms in total. The first kappa shape index (κ1) is 12.0. The second-order valence-corrected chi connectivity index (χ2v) is 4.48. The molecule has 0 amide bonds. The highest BCUT2D eigenvalue weighted by atomic mass is 35.5. The van der Waals surface area contributed by atoms with Crippen LogP contribution >= 0.6 is 11.6 Å². The molecule has 0 aliphatic carbocycles. The Bertz CT molecular complexity index is 521. The number of benzene rings is 1. The molecule has 0 bridgehead atoms.